The topological polar surface area (TPSA) is 61.8 Å². The minimum Gasteiger partial charge on any atom is -0.387 e. The zero-order valence-corrected chi connectivity index (χ0v) is 9.44. The number of aliphatic hydroxyl groups excluding tert-OH is 1. The van der Waals surface area contributed by atoms with Gasteiger partial charge < -0.3 is 5.11 Å². The van der Waals surface area contributed by atoms with Crippen LogP contribution in [-0.4, -0.2) is 14.9 Å². The van der Waals surface area contributed by atoms with Crippen LogP contribution in [0.3, 0.4) is 0 Å². The lowest BCUT2D eigenvalue weighted by atomic mass is 9.93. The molecule has 0 amide bonds. The minimum absolute atomic E-state index is 0.335. The van der Waals surface area contributed by atoms with E-state index >= 15 is 0 Å². The molecule has 0 radical (unpaired) electrons. The fraction of sp³-hybridized carbons (Fsp3) is 0.636. The Morgan fingerprint density at radius 2 is 2.33 bits per heavy atom. The van der Waals surface area contributed by atoms with Crippen molar-refractivity contribution < 1.29 is 5.11 Å². The molecule has 1 aromatic heterocycles. The molecular weight excluding hydrogens is 190 g/mol. The summed E-state index contributed by atoms with van der Waals surface area (Å²) in [7, 11) is 1.83. The Balaban J connectivity index is 2.88. The molecule has 82 valence electrons. The largest absolute Gasteiger partial charge is 0.387 e. The van der Waals surface area contributed by atoms with Crippen LogP contribution in [0.2, 0.25) is 0 Å². The van der Waals surface area contributed by atoms with Crippen LogP contribution in [0.15, 0.2) is 6.20 Å². The lowest BCUT2D eigenvalue weighted by Crippen LogP contribution is -2.11. The Morgan fingerprint density at radius 1 is 1.67 bits per heavy atom. The molecule has 0 spiro atoms. The first-order chi connectivity index (χ1) is 7.11. The third kappa shape index (κ3) is 2.37. The molecular formula is C11H17N3O. The Kier molecular flexibility index (Phi) is 3.87. The van der Waals surface area contributed by atoms with Crippen LogP contribution >= 0.6 is 0 Å². The van der Waals surface area contributed by atoms with Gasteiger partial charge in [0.1, 0.15) is 0 Å². The molecule has 4 heteroatoms. The van der Waals surface area contributed by atoms with Crippen LogP contribution in [0.5, 0.6) is 0 Å². The molecule has 0 aromatic carbocycles. The van der Waals surface area contributed by atoms with Crippen molar-refractivity contribution in [2.75, 3.05) is 0 Å². The normalized spacial score (nSPS) is 14.6. The average molecular weight is 207 g/mol. The van der Waals surface area contributed by atoms with E-state index in [0.29, 0.717) is 6.42 Å². The van der Waals surface area contributed by atoms with Crippen LogP contribution in [0.25, 0.3) is 0 Å². The molecule has 1 heterocycles. The zero-order valence-electron chi connectivity index (χ0n) is 9.44. The summed E-state index contributed by atoms with van der Waals surface area (Å²) in [5.41, 5.74) is 1.68. The molecule has 0 saturated carbocycles. The van der Waals surface area contributed by atoms with E-state index in [4.69, 9.17) is 5.26 Å². The predicted molar refractivity (Wildman–Crippen MR) is 56.9 cm³/mol. The van der Waals surface area contributed by atoms with E-state index in [0.717, 1.165) is 17.7 Å². The van der Waals surface area contributed by atoms with Crippen LogP contribution in [0.1, 0.15) is 37.1 Å². The van der Waals surface area contributed by atoms with Crippen molar-refractivity contribution in [1.82, 2.24) is 9.78 Å². The summed E-state index contributed by atoms with van der Waals surface area (Å²) in [6, 6.07) is 2.15. The molecule has 0 fully saturated rings. The van der Waals surface area contributed by atoms with Crippen molar-refractivity contribution in [3.63, 3.8) is 0 Å². The van der Waals surface area contributed by atoms with E-state index in [1.807, 2.05) is 20.9 Å². The Bertz CT molecular complexity index is 364. The van der Waals surface area contributed by atoms with E-state index < -0.39 is 6.10 Å². The highest BCUT2D eigenvalue weighted by Crippen LogP contribution is 2.26. The smallest absolute Gasteiger partial charge is 0.0981 e. The second-order valence-corrected chi connectivity index (χ2v) is 3.78. The number of nitrogens with zero attached hydrogens (tertiary/aromatic N) is 3. The van der Waals surface area contributed by atoms with Gasteiger partial charge in [0.2, 0.25) is 0 Å². The van der Waals surface area contributed by atoms with Crippen molar-refractivity contribution in [2.24, 2.45) is 13.0 Å². The number of aromatic nitrogens is 2. The zero-order chi connectivity index (χ0) is 11.4. The number of aliphatic hydroxyl groups is 1. The van der Waals surface area contributed by atoms with Gasteiger partial charge in [0.15, 0.2) is 0 Å². The van der Waals surface area contributed by atoms with Crippen molar-refractivity contribution in [3.8, 4) is 6.07 Å². The van der Waals surface area contributed by atoms with Crippen molar-refractivity contribution in [3.05, 3.63) is 17.5 Å². The Hall–Kier alpha value is -1.34. The SMILES string of the molecule is CCCC(C#N)C(O)c1cnn(C)c1C. The Morgan fingerprint density at radius 3 is 2.73 bits per heavy atom. The van der Waals surface area contributed by atoms with Crippen LogP contribution in [0, 0.1) is 24.2 Å². The monoisotopic (exact) mass is 207 g/mol. The highest BCUT2D eigenvalue weighted by Gasteiger charge is 2.23. The molecule has 4 nitrogen and oxygen atoms in total. The van der Waals surface area contributed by atoms with Gasteiger partial charge in [-0.2, -0.15) is 10.4 Å². The first-order valence-electron chi connectivity index (χ1n) is 5.18. The van der Waals surface area contributed by atoms with Gasteiger partial charge in [-0.3, -0.25) is 4.68 Å². The summed E-state index contributed by atoms with van der Waals surface area (Å²) in [4.78, 5) is 0. The van der Waals surface area contributed by atoms with Crippen molar-refractivity contribution in [2.45, 2.75) is 32.8 Å². The van der Waals surface area contributed by atoms with Crippen LogP contribution < -0.4 is 0 Å². The summed E-state index contributed by atoms with van der Waals surface area (Å²) in [6.45, 7) is 3.90. The van der Waals surface area contributed by atoms with Gasteiger partial charge in [0, 0.05) is 18.3 Å². The second-order valence-electron chi connectivity index (χ2n) is 3.78. The first kappa shape index (κ1) is 11.7. The molecule has 0 aliphatic heterocycles. The minimum atomic E-state index is -0.719. The highest BCUT2D eigenvalue weighted by atomic mass is 16.3. The number of aryl methyl sites for hydroxylation is 1. The maximum Gasteiger partial charge on any atom is 0.0981 e. The Labute approximate surface area is 90.1 Å². The third-order valence-corrected chi connectivity index (χ3v) is 2.74. The summed E-state index contributed by atoms with van der Waals surface area (Å²) in [6.07, 6.45) is 2.53. The maximum atomic E-state index is 10.0. The molecule has 2 unspecified atom stereocenters. The summed E-state index contributed by atoms with van der Waals surface area (Å²) in [5.74, 6) is -0.335. The van der Waals surface area contributed by atoms with Crippen LogP contribution in [-0.2, 0) is 7.05 Å². The van der Waals surface area contributed by atoms with Crippen molar-refractivity contribution >= 4 is 0 Å². The fourth-order valence-corrected chi connectivity index (χ4v) is 1.63. The van der Waals surface area contributed by atoms with Gasteiger partial charge >= 0.3 is 0 Å². The summed E-state index contributed by atoms with van der Waals surface area (Å²) < 4.78 is 1.71. The molecule has 1 aromatic rings. The van der Waals surface area contributed by atoms with Gasteiger partial charge in [-0.25, -0.2) is 0 Å². The lowest BCUT2D eigenvalue weighted by Gasteiger charge is -2.15. The standard InChI is InChI=1S/C11H17N3O/c1-4-5-9(6-12)11(15)10-7-13-14(3)8(10)2/h7,9,11,15H,4-5H2,1-3H3. The van der Waals surface area contributed by atoms with E-state index in [1.165, 1.54) is 0 Å². The number of rotatable bonds is 4. The number of hydrogen-bond donors (Lipinski definition) is 1. The molecule has 0 aliphatic rings. The third-order valence-electron chi connectivity index (χ3n) is 2.74. The van der Waals surface area contributed by atoms with Gasteiger partial charge in [-0.1, -0.05) is 13.3 Å². The van der Waals surface area contributed by atoms with Crippen molar-refractivity contribution in [1.29, 1.82) is 5.26 Å². The molecule has 2 atom stereocenters. The van der Waals surface area contributed by atoms with Gasteiger partial charge in [-0.15, -0.1) is 0 Å². The first-order valence-corrected chi connectivity index (χ1v) is 5.18. The van der Waals surface area contributed by atoms with Gasteiger partial charge in [0.05, 0.1) is 24.3 Å². The quantitative estimate of drug-likeness (QED) is 0.817. The lowest BCUT2D eigenvalue weighted by molar-refractivity contribution is 0.129. The molecule has 1 N–H and O–H groups in total. The van der Waals surface area contributed by atoms with Crippen LogP contribution in [0.4, 0.5) is 0 Å². The van der Waals surface area contributed by atoms with Gasteiger partial charge in [-0.05, 0) is 13.3 Å². The molecule has 0 bridgehead atoms. The molecule has 15 heavy (non-hydrogen) atoms. The summed E-state index contributed by atoms with van der Waals surface area (Å²) >= 11 is 0. The molecule has 0 saturated heterocycles. The van der Waals surface area contributed by atoms with Gasteiger partial charge in [0.25, 0.3) is 0 Å². The fourth-order valence-electron chi connectivity index (χ4n) is 1.63. The summed E-state index contributed by atoms with van der Waals surface area (Å²) in [5, 5.41) is 23.0. The highest BCUT2D eigenvalue weighted by molar-refractivity contribution is 5.21. The second kappa shape index (κ2) is 4.94. The average Bonchev–Trinajstić information content (AvgIpc) is 2.55. The molecule has 0 aliphatic carbocycles. The predicted octanol–water partition coefficient (Wildman–Crippen LogP) is 1.70. The molecule has 1 rings (SSSR count). The van der Waals surface area contributed by atoms with E-state index in [9.17, 15) is 5.11 Å². The van der Waals surface area contributed by atoms with E-state index in [1.54, 1.807) is 10.9 Å². The number of hydrogen-bond acceptors (Lipinski definition) is 3. The number of nitriles is 1. The maximum absolute atomic E-state index is 10.0. The van der Waals surface area contributed by atoms with E-state index in [-0.39, 0.29) is 5.92 Å². The van der Waals surface area contributed by atoms with E-state index in [2.05, 4.69) is 11.2 Å².